The highest BCUT2D eigenvalue weighted by molar-refractivity contribution is 9.10. The van der Waals surface area contributed by atoms with Gasteiger partial charge in [-0.05, 0) is 60.4 Å². The molecule has 1 N–H and O–H groups in total. The molecule has 106 valence electrons. The van der Waals surface area contributed by atoms with E-state index in [9.17, 15) is 4.79 Å². The predicted molar refractivity (Wildman–Crippen MR) is 84.1 cm³/mol. The number of carbonyl (C=O) groups is 1. The van der Waals surface area contributed by atoms with Crippen LogP contribution >= 0.6 is 28.3 Å². The number of benzene rings is 1. The van der Waals surface area contributed by atoms with Crippen molar-refractivity contribution in [2.24, 2.45) is 0 Å². The number of likely N-dealkylation sites (N-methyl/N-ethyl adjacent to an activating group) is 1. The van der Waals surface area contributed by atoms with Crippen molar-refractivity contribution in [2.45, 2.75) is 25.8 Å². The normalized spacial score (nSPS) is 18.9. The van der Waals surface area contributed by atoms with Crippen LogP contribution in [0.5, 0.6) is 0 Å². The molecule has 1 heterocycles. The van der Waals surface area contributed by atoms with Crippen molar-refractivity contribution in [3.63, 3.8) is 0 Å². The van der Waals surface area contributed by atoms with Crippen molar-refractivity contribution >= 4 is 34.2 Å². The van der Waals surface area contributed by atoms with E-state index in [0.717, 1.165) is 41.5 Å². The molecule has 0 spiro atoms. The molecule has 5 heteroatoms. The third-order valence-electron chi connectivity index (χ3n) is 3.47. The summed E-state index contributed by atoms with van der Waals surface area (Å²) < 4.78 is 0.888. The van der Waals surface area contributed by atoms with Gasteiger partial charge in [-0.1, -0.05) is 6.07 Å². The Bertz CT molecular complexity index is 453. The van der Waals surface area contributed by atoms with Crippen molar-refractivity contribution in [1.29, 1.82) is 0 Å². The molecule has 1 atom stereocenters. The molecule has 2 rings (SSSR count). The summed E-state index contributed by atoms with van der Waals surface area (Å²) in [5.74, 6) is 0.127. The summed E-state index contributed by atoms with van der Waals surface area (Å²) in [6.45, 7) is 3.68. The lowest BCUT2D eigenvalue weighted by Crippen LogP contribution is -2.47. The van der Waals surface area contributed by atoms with Gasteiger partial charge in [-0.15, -0.1) is 12.4 Å². The molecular weight excluding hydrogens is 328 g/mol. The Morgan fingerprint density at radius 3 is 2.84 bits per heavy atom. The zero-order valence-electron chi connectivity index (χ0n) is 11.3. The lowest BCUT2D eigenvalue weighted by molar-refractivity contribution is 0.0697. The third kappa shape index (κ3) is 3.94. The molecule has 1 amide bonds. The minimum absolute atomic E-state index is 0. The number of nitrogens with one attached hydrogen (secondary N) is 1. The maximum atomic E-state index is 12.5. The monoisotopic (exact) mass is 346 g/mol. The van der Waals surface area contributed by atoms with Gasteiger partial charge in [0.05, 0.1) is 5.56 Å². The summed E-state index contributed by atoms with van der Waals surface area (Å²) in [5, 5.41) is 3.26. The van der Waals surface area contributed by atoms with Gasteiger partial charge in [-0.25, -0.2) is 0 Å². The van der Waals surface area contributed by atoms with Crippen molar-refractivity contribution in [3.05, 3.63) is 33.8 Å². The van der Waals surface area contributed by atoms with Crippen LogP contribution in [0.1, 0.15) is 28.8 Å². The van der Waals surface area contributed by atoms with Crippen LogP contribution in [-0.4, -0.2) is 37.0 Å². The SMILES string of the molecule is CNC1CCCN(C(=O)c2ccc(C)cc2Br)C1.Cl. The zero-order valence-corrected chi connectivity index (χ0v) is 13.7. The second-order valence-corrected chi connectivity index (χ2v) is 5.72. The first-order valence-corrected chi connectivity index (χ1v) is 7.14. The van der Waals surface area contributed by atoms with E-state index < -0.39 is 0 Å². The van der Waals surface area contributed by atoms with E-state index in [0.29, 0.717) is 6.04 Å². The Balaban J connectivity index is 0.00000180. The maximum Gasteiger partial charge on any atom is 0.255 e. The van der Waals surface area contributed by atoms with Gasteiger partial charge in [0.25, 0.3) is 5.91 Å². The van der Waals surface area contributed by atoms with Crippen molar-refractivity contribution < 1.29 is 4.79 Å². The number of rotatable bonds is 2. The standard InChI is InChI=1S/C14H19BrN2O.ClH/c1-10-5-6-12(13(15)8-10)14(18)17-7-3-4-11(9-17)16-2;/h5-6,8,11,16H,3-4,7,9H2,1-2H3;1H. The van der Waals surface area contributed by atoms with Gasteiger partial charge in [-0.2, -0.15) is 0 Å². The first kappa shape index (κ1) is 16.5. The number of aryl methyl sites for hydroxylation is 1. The summed E-state index contributed by atoms with van der Waals surface area (Å²) in [7, 11) is 1.96. The summed E-state index contributed by atoms with van der Waals surface area (Å²) >= 11 is 3.48. The van der Waals surface area contributed by atoms with Crippen molar-refractivity contribution in [3.8, 4) is 0 Å². The van der Waals surface area contributed by atoms with Gasteiger partial charge in [0.1, 0.15) is 0 Å². The average molecular weight is 348 g/mol. The third-order valence-corrected chi connectivity index (χ3v) is 4.13. The molecule has 1 saturated heterocycles. The number of hydrogen-bond donors (Lipinski definition) is 1. The Kier molecular flexibility index (Phi) is 6.30. The predicted octanol–water partition coefficient (Wildman–Crippen LogP) is 3.00. The van der Waals surface area contributed by atoms with Crippen LogP contribution in [0.3, 0.4) is 0 Å². The quantitative estimate of drug-likeness (QED) is 0.892. The van der Waals surface area contributed by atoms with E-state index in [1.165, 1.54) is 0 Å². The molecule has 1 aromatic rings. The Morgan fingerprint density at radius 1 is 1.47 bits per heavy atom. The number of halogens is 2. The molecule has 1 fully saturated rings. The number of nitrogens with zero attached hydrogens (tertiary/aromatic N) is 1. The molecule has 1 aliphatic rings. The van der Waals surface area contributed by atoms with E-state index in [1.807, 2.05) is 37.1 Å². The molecular formula is C14H20BrClN2O. The fraction of sp³-hybridized carbons (Fsp3) is 0.500. The summed E-state index contributed by atoms with van der Waals surface area (Å²) in [4.78, 5) is 14.4. The Morgan fingerprint density at radius 2 is 2.21 bits per heavy atom. The number of amides is 1. The summed E-state index contributed by atoms with van der Waals surface area (Å²) in [6, 6.07) is 6.31. The van der Waals surface area contributed by atoms with Crippen LogP contribution in [0.25, 0.3) is 0 Å². The molecule has 0 radical (unpaired) electrons. The van der Waals surface area contributed by atoms with Crippen LogP contribution in [0.2, 0.25) is 0 Å². The van der Waals surface area contributed by atoms with Crippen LogP contribution in [0.4, 0.5) is 0 Å². The molecule has 19 heavy (non-hydrogen) atoms. The fourth-order valence-corrected chi connectivity index (χ4v) is 3.02. The molecule has 3 nitrogen and oxygen atoms in total. The van der Waals surface area contributed by atoms with Crippen LogP contribution < -0.4 is 5.32 Å². The lowest BCUT2D eigenvalue weighted by Gasteiger charge is -2.32. The molecule has 0 aliphatic carbocycles. The van der Waals surface area contributed by atoms with Gasteiger partial charge in [0.2, 0.25) is 0 Å². The highest BCUT2D eigenvalue weighted by Crippen LogP contribution is 2.21. The topological polar surface area (TPSA) is 32.3 Å². The number of likely N-dealkylation sites (tertiary alicyclic amines) is 1. The van der Waals surface area contributed by atoms with E-state index in [-0.39, 0.29) is 18.3 Å². The first-order chi connectivity index (χ1) is 8.61. The first-order valence-electron chi connectivity index (χ1n) is 6.34. The molecule has 0 aromatic heterocycles. The van der Waals surface area contributed by atoms with Crippen molar-refractivity contribution in [2.75, 3.05) is 20.1 Å². The lowest BCUT2D eigenvalue weighted by atomic mass is 10.0. The number of carbonyl (C=O) groups excluding carboxylic acids is 1. The molecule has 1 aromatic carbocycles. The van der Waals surface area contributed by atoms with Crippen molar-refractivity contribution in [1.82, 2.24) is 10.2 Å². The summed E-state index contributed by atoms with van der Waals surface area (Å²) in [5.41, 5.74) is 1.92. The Hall–Kier alpha value is -0.580. The van der Waals surface area contributed by atoms with E-state index in [1.54, 1.807) is 0 Å². The van der Waals surface area contributed by atoms with E-state index >= 15 is 0 Å². The maximum absolute atomic E-state index is 12.5. The minimum Gasteiger partial charge on any atom is -0.337 e. The van der Waals surface area contributed by atoms with Gasteiger partial charge < -0.3 is 10.2 Å². The highest BCUT2D eigenvalue weighted by atomic mass is 79.9. The molecule has 1 aliphatic heterocycles. The molecule has 1 unspecified atom stereocenters. The average Bonchev–Trinajstić information content (AvgIpc) is 2.38. The van der Waals surface area contributed by atoms with Crippen LogP contribution in [-0.2, 0) is 0 Å². The van der Waals surface area contributed by atoms with Gasteiger partial charge in [0.15, 0.2) is 0 Å². The highest BCUT2D eigenvalue weighted by Gasteiger charge is 2.24. The molecule has 0 saturated carbocycles. The van der Waals surface area contributed by atoms with Crippen LogP contribution in [0.15, 0.2) is 22.7 Å². The second-order valence-electron chi connectivity index (χ2n) is 4.86. The van der Waals surface area contributed by atoms with E-state index in [4.69, 9.17) is 0 Å². The van der Waals surface area contributed by atoms with Gasteiger partial charge in [-0.3, -0.25) is 4.79 Å². The molecule has 0 bridgehead atoms. The van der Waals surface area contributed by atoms with Gasteiger partial charge >= 0.3 is 0 Å². The largest absolute Gasteiger partial charge is 0.337 e. The Labute approximate surface area is 129 Å². The zero-order chi connectivity index (χ0) is 13.1. The number of hydrogen-bond acceptors (Lipinski definition) is 2. The fourth-order valence-electron chi connectivity index (χ4n) is 2.36. The number of piperidine rings is 1. The second kappa shape index (κ2) is 7.27. The minimum atomic E-state index is 0. The summed E-state index contributed by atoms with van der Waals surface area (Å²) in [6.07, 6.45) is 2.22. The van der Waals surface area contributed by atoms with Gasteiger partial charge in [0, 0.05) is 23.6 Å². The van der Waals surface area contributed by atoms with E-state index in [2.05, 4.69) is 21.2 Å². The van der Waals surface area contributed by atoms with Crippen LogP contribution in [0, 0.1) is 6.92 Å². The smallest absolute Gasteiger partial charge is 0.255 e.